The van der Waals surface area contributed by atoms with Crippen molar-refractivity contribution in [1.82, 2.24) is 9.97 Å². The standard InChI is InChI=1S/C13H24N4OS/c1-5-18-9-13-16-11(14-3)8-12(17-13)15-7-6-10(2)19-4/h8,10H,5-7,9H2,1-4H3,(H2,14,15,16,17). The van der Waals surface area contributed by atoms with Crippen LogP contribution in [0.15, 0.2) is 6.07 Å². The SMILES string of the molecule is CCOCc1nc(NC)cc(NCCC(C)SC)n1. The minimum atomic E-state index is 0.446. The Hall–Kier alpha value is -1.01. The Balaban J connectivity index is 2.60. The summed E-state index contributed by atoms with van der Waals surface area (Å²) in [5.41, 5.74) is 0. The van der Waals surface area contributed by atoms with Gasteiger partial charge in [0.15, 0.2) is 5.82 Å². The fourth-order valence-corrected chi connectivity index (χ4v) is 1.85. The Bertz CT molecular complexity index is 376. The smallest absolute Gasteiger partial charge is 0.158 e. The number of hydrogen-bond acceptors (Lipinski definition) is 6. The van der Waals surface area contributed by atoms with Gasteiger partial charge in [0.1, 0.15) is 18.2 Å². The first-order chi connectivity index (χ1) is 9.19. The van der Waals surface area contributed by atoms with Crippen molar-refractivity contribution in [2.45, 2.75) is 32.1 Å². The van der Waals surface area contributed by atoms with Crippen molar-refractivity contribution in [3.8, 4) is 0 Å². The van der Waals surface area contributed by atoms with E-state index in [-0.39, 0.29) is 0 Å². The fraction of sp³-hybridized carbons (Fsp3) is 0.692. The predicted molar refractivity (Wildman–Crippen MR) is 83.0 cm³/mol. The van der Waals surface area contributed by atoms with Crippen LogP contribution in [-0.4, -0.2) is 41.7 Å². The normalized spacial score (nSPS) is 12.2. The van der Waals surface area contributed by atoms with Crippen LogP contribution >= 0.6 is 11.8 Å². The number of rotatable bonds is 9. The van der Waals surface area contributed by atoms with E-state index in [0.717, 1.165) is 24.6 Å². The molecule has 1 unspecified atom stereocenters. The predicted octanol–water partition coefficient (Wildman–Crippen LogP) is 2.61. The maximum atomic E-state index is 5.35. The van der Waals surface area contributed by atoms with E-state index >= 15 is 0 Å². The number of thioether (sulfide) groups is 1. The van der Waals surface area contributed by atoms with Crippen LogP contribution in [0.3, 0.4) is 0 Å². The van der Waals surface area contributed by atoms with Gasteiger partial charge in [-0.2, -0.15) is 11.8 Å². The number of anilines is 2. The molecule has 0 amide bonds. The summed E-state index contributed by atoms with van der Waals surface area (Å²) in [6.45, 7) is 6.22. The molecule has 0 radical (unpaired) electrons. The highest BCUT2D eigenvalue weighted by molar-refractivity contribution is 7.99. The van der Waals surface area contributed by atoms with Gasteiger partial charge in [0.05, 0.1) is 0 Å². The lowest BCUT2D eigenvalue weighted by Crippen LogP contribution is -2.11. The Morgan fingerprint density at radius 1 is 1.37 bits per heavy atom. The van der Waals surface area contributed by atoms with E-state index in [1.807, 2.05) is 31.8 Å². The van der Waals surface area contributed by atoms with E-state index in [9.17, 15) is 0 Å². The molecule has 19 heavy (non-hydrogen) atoms. The number of nitrogens with one attached hydrogen (secondary N) is 2. The second kappa shape index (κ2) is 8.98. The van der Waals surface area contributed by atoms with Gasteiger partial charge in [0, 0.05) is 31.5 Å². The molecule has 0 spiro atoms. The summed E-state index contributed by atoms with van der Waals surface area (Å²) in [4.78, 5) is 8.80. The molecule has 0 saturated carbocycles. The van der Waals surface area contributed by atoms with Crippen LogP contribution in [0, 0.1) is 0 Å². The molecule has 0 fully saturated rings. The first kappa shape index (κ1) is 16.0. The van der Waals surface area contributed by atoms with Gasteiger partial charge in [-0.3, -0.25) is 0 Å². The van der Waals surface area contributed by atoms with Gasteiger partial charge in [-0.05, 0) is 19.6 Å². The topological polar surface area (TPSA) is 59.1 Å². The lowest BCUT2D eigenvalue weighted by Gasteiger charge is -2.11. The highest BCUT2D eigenvalue weighted by atomic mass is 32.2. The summed E-state index contributed by atoms with van der Waals surface area (Å²) in [5, 5.41) is 7.04. The third-order valence-electron chi connectivity index (χ3n) is 2.72. The largest absolute Gasteiger partial charge is 0.374 e. The average Bonchev–Trinajstić information content (AvgIpc) is 2.44. The first-order valence-electron chi connectivity index (χ1n) is 6.59. The molecule has 0 aromatic carbocycles. The number of hydrogen-bond donors (Lipinski definition) is 2. The summed E-state index contributed by atoms with van der Waals surface area (Å²) in [7, 11) is 1.85. The van der Waals surface area contributed by atoms with E-state index in [2.05, 4.69) is 33.8 Å². The van der Waals surface area contributed by atoms with E-state index in [4.69, 9.17) is 4.74 Å². The van der Waals surface area contributed by atoms with Crippen LogP contribution in [0.5, 0.6) is 0 Å². The summed E-state index contributed by atoms with van der Waals surface area (Å²) in [6, 6.07) is 1.92. The lowest BCUT2D eigenvalue weighted by molar-refractivity contribution is 0.128. The molecular weight excluding hydrogens is 260 g/mol. The first-order valence-corrected chi connectivity index (χ1v) is 7.88. The average molecular weight is 284 g/mol. The molecule has 1 aromatic rings. The maximum Gasteiger partial charge on any atom is 0.158 e. The van der Waals surface area contributed by atoms with E-state index < -0.39 is 0 Å². The quantitative estimate of drug-likeness (QED) is 0.727. The number of nitrogens with zero attached hydrogens (tertiary/aromatic N) is 2. The zero-order valence-corrected chi connectivity index (χ0v) is 13.0. The van der Waals surface area contributed by atoms with Crippen LogP contribution in [0.4, 0.5) is 11.6 Å². The van der Waals surface area contributed by atoms with E-state index in [0.29, 0.717) is 24.3 Å². The highest BCUT2D eigenvalue weighted by Gasteiger charge is 2.05. The molecule has 5 nitrogen and oxygen atoms in total. The second-order valence-electron chi connectivity index (χ2n) is 4.20. The Morgan fingerprint density at radius 2 is 2.11 bits per heavy atom. The third kappa shape index (κ3) is 6.11. The molecule has 0 bridgehead atoms. The van der Waals surface area contributed by atoms with Gasteiger partial charge in [-0.25, -0.2) is 9.97 Å². The van der Waals surface area contributed by atoms with Gasteiger partial charge in [0.25, 0.3) is 0 Å². The lowest BCUT2D eigenvalue weighted by atomic mass is 10.3. The van der Waals surface area contributed by atoms with Crippen LogP contribution in [0.1, 0.15) is 26.1 Å². The fourth-order valence-electron chi connectivity index (χ4n) is 1.50. The molecule has 6 heteroatoms. The van der Waals surface area contributed by atoms with Crippen LogP contribution in [0.2, 0.25) is 0 Å². The van der Waals surface area contributed by atoms with Crippen LogP contribution in [0.25, 0.3) is 0 Å². The summed E-state index contributed by atoms with van der Waals surface area (Å²) >= 11 is 1.88. The minimum absolute atomic E-state index is 0.446. The van der Waals surface area contributed by atoms with Crippen molar-refractivity contribution in [2.75, 3.05) is 37.1 Å². The molecule has 0 saturated heterocycles. The molecule has 2 N–H and O–H groups in total. The van der Waals surface area contributed by atoms with E-state index in [1.165, 1.54) is 0 Å². The molecular formula is C13H24N4OS. The summed E-state index contributed by atoms with van der Waals surface area (Å²) < 4.78 is 5.35. The molecule has 0 aliphatic carbocycles. The van der Waals surface area contributed by atoms with Crippen molar-refractivity contribution in [3.63, 3.8) is 0 Å². The van der Waals surface area contributed by atoms with Crippen molar-refractivity contribution in [2.24, 2.45) is 0 Å². The molecule has 0 aliphatic rings. The van der Waals surface area contributed by atoms with Gasteiger partial charge in [-0.1, -0.05) is 6.92 Å². The summed E-state index contributed by atoms with van der Waals surface area (Å²) in [6.07, 6.45) is 3.25. The van der Waals surface area contributed by atoms with Crippen LogP contribution in [-0.2, 0) is 11.3 Å². The zero-order chi connectivity index (χ0) is 14.1. The van der Waals surface area contributed by atoms with Gasteiger partial charge < -0.3 is 15.4 Å². The zero-order valence-electron chi connectivity index (χ0n) is 12.2. The monoisotopic (exact) mass is 284 g/mol. The van der Waals surface area contributed by atoms with Crippen molar-refractivity contribution in [3.05, 3.63) is 11.9 Å². The van der Waals surface area contributed by atoms with Gasteiger partial charge in [0.2, 0.25) is 0 Å². The second-order valence-corrected chi connectivity index (χ2v) is 5.48. The molecule has 0 aliphatic heterocycles. The van der Waals surface area contributed by atoms with Crippen molar-refractivity contribution >= 4 is 23.4 Å². The Labute approximate surface area is 119 Å². The Morgan fingerprint density at radius 3 is 2.74 bits per heavy atom. The molecule has 1 aromatic heterocycles. The molecule has 1 heterocycles. The van der Waals surface area contributed by atoms with E-state index in [1.54, 1.807) is 0 Å². The third-order valence-corrected chi connectivity index (χ3v) is 3.76. The van der Waals surface area contributed by atoms with Gasteiger partial charge >= 0.3 is 0 Å². The van der Waals surface area contributed by atoms with Crippen molar-refractivity contribution < 1.29 is 4.74 Å². The molecule has 1 rings (SSSR count). The molecule has 1 atom stereocenters. The molecule has 108 valence electrons. The van der Waals surface area contributed by atoms with Crippen LogP contribution < -0.4 is 10.6 Å². The number of ether oxygens (including phenoxy) is 1. The van der Waals surface area contributed by atoms with Crippen molar-refractivity contribution in [1.29, 1.82) is 0 Å². The highest BCUT2D eigenvalue weighted by Crippen LogP contribution is 2.13. The minimum Gasteiger partial charge on any atom is -0.374 e. The maximum absolute atomic E-state index is 5.35. The summed E-state index contributed by atoms with van der Waals surface area (Å²) in [5.74, 6) is 2.36. The number of aromatic nitrogens is 2. The Kier molecular flexibility index (Phi) is 7.59. The van der Waals surface area contributed by atoms with Gasteiger partial charge in [-0.15, -0.1) is 0 Å².